The van der Waals surface area contributed by atoms with Crippen LogP contribution >= 0.6 is 23.2 Å². The van der Waals surface area contributed by atoms with Gasteiger partial charge in [-0.25, -0.2) is 0 Å². The number of ether oxygens (including phenoxy) is 1. The van der Waals surface area contributed by atoms with Gasteiger partial charge in [0.2, 0.25) is 0 Å². The standard InChI is InChI=1S/C22H26Cl2N2O2/c1-14-5-6-18(23)13-20(14)25-7-9-26(10-8-25)22(27)17(4)28-19-11-15(2)21(24)16(3)12-19/h5-6,11-13,17H,7-10H2,1-4H3/t17-/m0/s1. The molecule has 1 amide bonds. The summed E-state index contributed by atoms with van der Waals surface area (Å²) in [6.07, 6.45) is -0.542. The second kappa shape index (κ2) is 8.62. The Labute approximate surface area is 177 Å². The first-order valence-electron chi connectivity index (χ1n) is 9.49. The number of halogens is 2. The number of aryl methyl sites for hydroxylation is 3. The van der Waals surface area contributed by atoms with Gasteiger partial charge in [-0.2, -0.15) is 0 Å². The van der Waals surface area contributed by atoms with Crippen molar-refractivity contribution in [3.8, 4) is 5.75 Å². The molecule has 0 radical (unpaired) electrons. The van der Waals surface area contributed by atoms with Gasteiger partial charge >= 0.3 is 0 Å². The molecule has 2 aromatic carbocycles. The Hall–Kier alpha value is -1.91. The van der Waals surface area contributed by atoms with E-state index in [2.05, 4.69) is 11.8 Å². The molecule has 1 aliphatic heterocycles. The number of benzene rings is 2. The van der Waals surface area contributed by atoms with Crippen LogP contribution in [0.5, 0.6) is 5.75 Å². The lowest BCUT2D eigenvalue weighted by Crippen LogP contribution is -2.52. The number of hydrogen-bond acceptors (Lipinski definition) is 3. The van der Waals surface area contributed by atoms with Crippen molar-refractivity contribution >= 4 is 34.8 Å². The molecule has 3 rings (SSSR count). The zero-order valence-corrected chi connectivity index (χ0v) is 18.3. The Kier molecular flexibility index (Phi) is 6.41. The highest BCUT2D eigenvalue weighted by atomic mass is 35.5. The van der Waals surface area contributed by atoms with E-state index in [4.69, 9.17) is 27.9 Å². The molecule has 1 aliphatic rings. The highest BCUT2D eigenvalue weighted by Crippen LogP contribution is 2.27. The monoisotopic (exact) mass is 420 g/mol. The first kappa shape index (κ1) is 20.8. The summed E-state index contributed by atoms with van der Waals surface area (Å²) in [7, 11) is 0. The van der Waals surface area contributed by atoms with E-state index in [1.807, 2.05) is 49.1 Å². The topological polar surface area (TPSA) is 32.8 Å². The molecule has 1 atom stereocenters. The molecular weight excluding hydrogens is 395 g/mol. The number of nitrogens with zero attached hydrogens (tertiary/aromatic N) is 2. The van der Waals surface area contributed by atoms with E-state index in [9.17, 15) is 4.79 Å². The van der Waals surface area contributed by atoms with Crippen LogP contribution in [0.3, 0.4) is 0 Å². The van der Waals surface area contributed by atoms with Crippen molar-refractivity contribution in [2.75, 3.05) is 31.1 Å². The van der Waals surface area contributed by atoms with Crippen molar-refractivity contribution in [3.05, 3.63) is 57.1 Å². The Bertz CT molecular complexity index is 854. The third-order valence-corrected chi connectivity index (χ3v) is 6.01. The normalized spacial score (nSPS) is 15.5. The van der Waals surface area contributed by atoms with Crippen molar-refractivity contribution in [2.45, 2.75) is 33.8 Å². The van der Waals surface area contributed by atoms with Gasteiger partial charge in [-0.15, -0.1) is 0 Å². The molecule has 0 spiro atoms. The lowest BCUT2D eigenvalue weighted by atomic mass is 10.1. The lowest BCUT2D eigenvalue weighted by Gasteiger charge is -2.37. The van der Waals surface area contributed by atoms with E-state index < -0.39 is 6.10 Å². The second-order valence-electron chi connectivity index (χ2n) is 7.37. The molecule has 0 N–H and O–H groups in total. The van der Waals surface area contributed by atoms with E-state index in [1.165, 1.54) is 5.56 Å². The van der Waals surface area contributed by atoms with Crippen LogP contribution in [0.2, 0.25) is 10.0 Å². The number of piperazine rings is 1. The van der Waals surface area contributed by atoms with Gasteiger partial charge in [0.1, 0.15) is 5.75 Å². The van der Waals surface area contributed by atoms with Crippen LogP contribution in [-0.4, -0.2) is 43.1 Å². The van der Waals surface area contributed by atoms with Gasteiger partial charge < -0.3 is 14.5 Å². The summed E-state index contributed by atoms with van der Waals surface area (Å²) in [5, 5.41) is 1.47. The van der Waals surface area contributed by atoms with Gasteiger partial charge in [0.25, 0.3) is 5.91 Å². The van der Waals surface area contributed by atoms with E-state index in [0.717, 1.165) is 39.9 Å². The van der Waals surface area contributed by atoms with Gasteiger partial charge in [0.05, 0.1) is 0 Å². The van der Waals surface area contributed by atoms with Crippen molar-refractivity contribution in [1.29, 1.82) is 0 Å². The van der Waals surface area contributed by atoms with Crippen LogP contribution in [0, 0.1) is 20.8 Å². The molecule has 0 saturated carbocycles. The van der Waals surface area contributed by atoms with Crippen molar-refractivity contribution in [1.82, 2.24) is 4.90 Å². The average molecular weight is 421 g/mol. The summed E-state index contributed by atoms with van der Waals surface area (Å²) < 4.78 is 5.91. The van der Waals surface area contributed by atoms with E-state index in [-0.39, 0.29) is 5.91 Å². The zero-order valence-electron chi connectivity index (χ0n) is 16.8. The van der Waals surface area contributed by atoms with Gasteiger partial charge in [-0.3, -0.25) is 4.79 Å². The summed E-state index contributed by atoms with van der Waals surface area (Å²) in [5.74, 6) is 0.682. The van der Waals surface area contributed by atoms with Crippen molar-refractivity contribution in [3.63, 3.8) is 0 Å². The zero-order chi connectivity index (χ0) is 20.4. The SMILES string of the molecule is Cc1ccc(Cl)cc1N1CCN(C(=O)[C@H](C)Oc2cc(C)c(Cl)c(C)c2)CC1. The van der Waals surface area contributed by atoms with Crippen LogP contribution in [0.4, 0.5) is 5.69 Å². The summed E-state index contributed by atoms with van der Waals surface area (Å²) in [6, 6.07) is 9.67. The Morgan fingerprint density at radius 3 is 2.18 bits per heavy atom. The maximum absolute atomic E-state index is 12.8. The van der Waals surface area contributed by atoms with Crippen LogP contribution in [0.1, 0.15) is 23.6 Å². The number of hydrogen-bond donors (Lipinski definition) is 0. The average Bonchev–Trinajstić information content (AvgIpc) is 2.67. The third kappa shape index (κ3) is 4.56. The number of carbonyl (C=O) groups is 1. The highest BCUT2D eigenvalue weighted by molar-refractivity contribution is 6.32. The first-order valence-corrected chi connectivity index (χ1v) is 10.2. The van der Waals surface area contributed by atoms with E-state index >= 15 is 0 Å². The minimum Gasteiger partial charge on any atom is -0.481 e. The second-order valence-corrected chi connectivity index (χ2v) is 8.19. The van der Waals surface area contributed by atoms with Gasteiger partial charge in [0, 0.05) is 41.9 Å². The molecule has 6 heteroatoms. The molecule has 0 aromatic heterocycles. The summed E-state index contributed by atoms with van der Waals surface area (Å²) in [5.41, 5.74) is 4.22. The molecule has 150 valence electrons. The number of rotatable bonds is 4. The van der Waals surface area contributed by atoms with Gasteiger partial charge in [0.15, 0.2) is 6.10 Å². The number of anilines is 1. The summed E-state index contributed by atoms with van der Waals surface area (Å²) in [6.45, 7) is 10.6. The third-order valence-electron chi connectivity index (χ3n) is 5.17. The summed E-state index contributed by atoms with van der Waals surface area (Å²) >= 11 is 12.4. The number of amides is 1. The fourth-order valence-corrected chi connectivity index (χ4v) is 3.85. The Morgan fingerprint density at radius 2 is 1.57 bits per heavy atom. The molecule has 1 saturated heterocycles. The predicted octanol–water partition coefficient (Wildman–Crippen LogP) is 5.03. The molecule has 28 heavy (non-hydrogen) atoms. The molecular formula is C22H26Cl2N2O2. The molecule has 0 bridgehead atoms. The van der Waals surface area contributed by atoms with Crippen LogP contribution in [-0.2, 0) is 4.79 Å². The van der Waals surface area contributed by atoms with Crippen molar-refractivity contribution in [2.24, 2.45) is 0 Å². The molecule has 2 aromatic rings. The van der Waals surface area contributed by atoms with Gasteiger partial charge in [-0.1, -0.05) is 29.3 Å². The minimum absolute atomic E-state index is 0.00715. The molecule has 1 fully saturated rings. The predicted molar refractivity (Wildman–Crippen MR) is 116 cm³/mol. The van der Waals surface area contributed by atoms with Crippen LogP contribution in [0.25, 0.3) is 0 Å². The van der Waals surface area contributed by atoms with E-state index in [1.54, 1.807) is 6.92 Å². The molecule has 0 aliphatic carbocycles. The van der Waals surface area contributed by atoms with Gasteiger partial charge in [-0.05, 0) is 68.7 Å². The molecule has 4 nitrogen and oxygen atoms in total. The smallest absolute Gasteiger partial charge is 0.263 e. The Balaban J connectivity index is 1.61. The fraction of sp³-hybridized carbons (Fsp3) is 0.409. The highest BCUT2D eigenvalue weighted by Gasteiger charge is 2.27. The maximum Gasteiger partial charge on any atom is 0.263 e. The van der Waals surface area contributed by atoms with Crippen LogP contribution < -0.4 is 9.64 Å². The van der Waals surface area contributed by atoms with Crippen molar-refractivity contribution < 1.29 is 9.53 Å². The number of carbonyl (C=O) groups excluding carboxylic acids is 1. The lowest BCUT2D eigenvalue weighted by molar-refractivity contribution is -0.138. The maximum atomic E-state index is 12.8. The minimum atomic E-state index is -0.542. The quantitative estimate of drug-likeness (QED) is 0.694. The molecule has 1 heterocycles. The van der Waals surface area contributed by atoms with Crippen LogP contribution in [0.15, 0.2) is 30.3 Å². The fourth-order valence-electron chi connectivity index (χ4n) is 3.58. The molecule has 0 unspecified atom stereocenters. The first-order chi connectivity index (χ1) is 13.3. The Morgan fingerprint density at radius 1 is 0.964 bits per heavy atom. The summed E-state index contributed by atoms with van der Waals surface area (Å²) in [4.78, 5) is 17.0. The largest absolute Gasteiger partial charge is 0.481 e. The van der Waals surface area contributed by atoms with E-state index in [0.29, 0.717) is 18.8 Å².